The Morgan fingerprint density at radius 3 is 2.08 bits per heavy atom. The number of nitrogens with zero attached hydrogens (tertiary/aromatic N) is 4. The van der Waals surface area contributed by atoms with Gasteiger partial charge in [-0.05, 0) is 54.4 Å². The molecule has 13 nitrogen and oxygen atoms in total. The van der Waals surface area contributed by atoms with Gasteiger partial charge in [0.05, 0.1) is 43.0 Å². The van der Waals surface area contributed by atoms with Gasteiger partial charge in [0, 0.05) is 33.9 Å². The van der Waals surface area contributed by atoms with Crippen LogP contribution in [0.3, 0.4) is 0 Å². The number of alkyl carbamates (subject to hydrolysis) is 1. The maximum absolute atomic E-state index is 13.2. The molecule has 2 aromatic heterocycles. The molecule has 4 aromatic rings. The van der Waals surface area contributed by atoms with Gasteiger partial charge in [-0.25, -0.2) is 19.6 Å². The van der Waals surface area contributed by atoms with Gasteiger partial charge in [0.25, 0.3) is 0 Å². The second-order valence-electron chi connectivity index (χ2n) is 13.0. The molecule has 0 spiro atoms. The largest absolute Gasteiger partial charge is 0.453 e. The number of imidazole rings is 2. The number of benzene rings is 2. The van der Waals surface area contributed by atoms with E-state index in [9.17, 15) is 14.4 Å². The lowest BCUT2D eigenvalue weighted by atomic mass is 10.0. The zero-order valence-corrected chi connectivity index (χ0v) is 28.9. The summed E-state index contributed by atoms with van der Waals surface area (Å²) in [7, 11) is 4.84. The monoisotopic (exact) mass is 682 g/mol. The molecule has 4 heterocycles. The van der Waals surface area contributed by atoms with Crippen LogP contribution in [0.15, 0.2) is 60.9 Å². The van der Waals surface area contributed by atoms with Crippen molar-refractivity contribution in [3.05, 3.63) is 72.6 Å². The molecule has 2 saturated heterocycles. The standard InChI is InChI=1S/C37H46N8O5/c1-44(2)37(48)45-19-7-9-32(45)34-39-23-31(41-34)27-16-12-25(13-17-27)24-10-14-26(15-11-24)30-22-38-33(40-30)28-18-21-50-20-6-4-5-8-29(35(46)42-28)43-36(47)49-3/h10-17,22-23,28-29,32H,4-9,18-21H2,1-3H3,(H,38,40)(H,39,41)(H,42,46)(H,43,47)/t28-,29-,32-/m0/s1. The molecule has 2 aliphatic heterocycles. The molecule has 4 amide bonds. The summed E-state index contributed by atoms with van der Waals surface area (Å²) in [5.41, 5.74) is 5.88. The van der Waals surface area contributed by atoms with Crippen molar-refractivity contribution in [3.63, 3.8) is 0 Å². The van der Waals surface area contributed by atoms with Crippen LogP contribution in [0.4, 0.5) is 9.59 Å². The maximum Gasteiger partial charge on any atom is 0.407 e. The van der Waals surface area contributed by atoms with E-state index in [0.29, 0.717) is 31.9 Å². The Hall–Kier alpha value is -5.17. The highest BCUT2D eigenvalue weighted by atomic mass is 16.5. The summed E-state index contributed by atoms with van der Waals surface area (Å²) < 4.78 is 10.6. The van der Waals surface area contributed by atoms with Gasteiger partial charge in [0.2, 0.25) is 5.91 Å². The topological polar surface area (TPSA) is 158 Å². The molecule has 4 N–H and O–H groups in total. The second-order valence-corrected chi connectivity index (χ2v) is 13.0. The van der Waals surface area contributed by atoms with E-state index in [1.165, 1.54) is 7.11 Å². The lowest BCUT2D eigenvalue weighted by Crippen LogP contribution is -2.48. The van der Waals surface area contributed by atoms with E-state index >= 15 is 0 Å². The Bertz CT molecular complexity index is 1750. The van der Waals surface area contributed by atoms with Crippen LogP contribution in [-0.2, 0) is 14.3 Å². The molecule has 0 unspecified atom stereocenters. The van der Waals surface area contributed by atoms with E-state index in [-0.39, 0.29) is 18.0 Å². The molecule has 2 aliphatic rings. The SMILES string of the molecule is COC(=O)N[C@H]1CCCCCOCC[C@@H](c2ncc(-c3ccc(-c4ccc(-c5cnc([C@@H]6CCCN6C(=O)N(C)C)[nH]5)cc4)cc3)[nH]2)NC1=O. The quantitative estimate of drug-likeness (QED) is 0.200. The number of carbonyl (C=O) groups excluding carboxylic acids is 3. The van der Waals surface area contributed by atoms with Gasteiger partial charge in [-0.2, -0.15) is 0 Å². The fraction of sp³-hybridized carbons (Fsp3) is 0.432. The summed E-state index contributed by atoms with van der Waals surface area (Å²) in [4.78, 5) is 57.4. The molecular weight excluding hydrogens is 636 g/mol. The highest BCUT2D eigenvalue weighted by Gasteiger charge is 2.33. The first-order valence-corrected chi connectivity index (χ1v) is 17.3. The normalized spacial score (nSPS) is 20.3. The highest BCUT2D eigenvalue weighted by Crippen LogP contribution is 2.33. The first-order valence-electron chi connectivity index (χ1n) is 17.3. The van der Waals surface area contributed by atoms with E-state index < -0.39 is 18.2 Å². The average Bonchev–Trinajstić information content (AvgIpc) is 3.92. The van der Waals surface area contributed by atoms with Crippen LogP contribution in [0.25, 0.3) is 33.6 Å². The Balaban J connectivity index is 1.12. The van der Waals surface area contributed by atoms with Crippen molar-refractivity contribution < 1.29 is 23.9 Å². The van der Waals surface area contributed by atoms with Crippen LogP contribution in [-0.4, -0.2) is 94.8 Å². The first-order chi connectivity index (χ1) is 24.3. The summed E-state index contributed by atoms with van der Waals surface area (Å²) >= 11 is 0. The van der Waals surface area contributed by atoms with Crippen molar-refractivity contribution in [2.24, 2.45) is 0 Å². The minimum absolute atomic E-state index is 0.00768. The van der Waals surface area contributed by atoms with Crippen molar-refractivity contribution in [1.29, 1.82) is 0 Å². The number of hydrogen-bond acceptors (Lipinski definition) is 7. The van der Waals surface area contributed by atoms with Gasteiger partial charge in [-0.1, -0.05) is 61.4 Å². The maximum atomic E-state index is 13.2. The smallest absolute Gasteiger partial charge is 0.407 e. The van der Waals surface area contributed by atoms with Gasteiger partial charge < -0.3 is 39.9 Å². The van der Waals surface area contributed by atoms with Gasteiger partial charge in [-0.3, -0.25) is 4.79 Å². The predicted octanol–water partition coefficient (Wildman–Crippen LogP) is 5.81. The minimum atomic E-state index is -0.693. The third kappa shape index (κ3) is 8.16. The number of H-pyrrole nitrogens is 2. The molecule has 6 rings (SSSR count). The highest BCUT2D eigenvalue weighted by molar-refractivity contribution is 5.86. The molecule has 0 saturated carbocycles. The Morgan fingerprint density at radius 1 is 0.820 bits per heavy atom. The van der Waals surface area contributed by atoms with Crippen molar-refractivity contribution in [1.82, 2.24) is 40.4 Å². The van der Waals surface area contributed by atoms with E-state index in [4.69, 9.17) is 9.47 Å². The number of methoxy groups -OCH3 is 1. The van der Waals surface area contributed by atoms with Crippen molar-refractivity contribution >= 4 is 18.0 Å². The number of urea groups is 1. The zero-order valence-electron chi connectivity index (χ0n) is 28.9. The molecule has 2 fully saturated rings. The van der Waals surface area contributed by atoms with Crippen molar-refractivity contribution in [2.45, 2.75) is 63.1 Å². The van der Waals surface area contributed by atoms with E-state index in [1.807, 2.05) is 23.2 Å². The summed E-state index contributed by atoms with van der Waals surface area (Å²) in [5.74, 6) is 1.16. The van der Waals surface area contributed by atoms with Crippen molar-refractivity contribution in [2.75, 3.05) is 41.0 Å². The van der Waals surface area contributed by atoms with Gasteiger partial charge >= 0.3 is 12.1 Å². The van der Waals surface area contributed by atoms with Crippen LogP contribution in [0.5, 0.6) is 0 Å². The fourth-order valence-corrected chi connectivity index (χ4v) is 6.59. The number of carbonyl (C=O) groups is 3. The molecule has 264 valence electrons. The lowest BCUT2D eigenvalue weighted by molar-refractivity contribution is -0.124. The van der Waals surface area contributed by atoms with Crippen LogP contribution >= 0.6 is 0 Å². The fourth-order valence-electron chi connectivity index (χ4n) is 6.59. The predicted molar refractivity (Wildman–Crippen MR) is 189 cm³/mol. The minimum Gasteiger partial charge on any atom is -0.453 e. The third-order valence-corrected chi connectivity index (χ3v) is 9.39. The van der Waals surface area contributed by atoms with Gasteiger partial charge in [0.1, 0.15) is 17.7 Å². The molecular formula is C37H46N8O5. The first kappa shape index (κ1) is 34.7. The third-order valence-electron chi connectivity index (χ3n) is 9.39. The number of hydrogen-bond donors (Lipinski definition) is 4. The van der Waals surface area contributed by atoms with Gasteiger partial charge in [-0.15, -0.1) is 0 Å². The number of amides is 4. The Morgan fingerprint density at radius 2 is 1.44 bits per heavy atom. The van der Waals surface area contributed by atoms with E-state index in [0.717, 1.165) is 78.1 Å². The Kier molecular flexibility index (Phi) is 11.1. The van der Waals surface area contributed by atoms with Crippen LogP contribution in [0, 0.1) is 0 Å². The molecule has 3 atom stereocenters. The van der Waals surface area contributed by atoms with Gasteiger partial charge in [0.15, 0.2) is 0 Å². The van der Waals surface area contributed by atoms with Crippen molar-refractivity contribution in [3.8, 4) is 33.6 Å². The van der Waals surface area contributed by atoms with Crippen LogP contribution < -0.4 is 10.6 Å². The van der Waals surface area contributed by atoms with Crippen LogP contribution in [0.2, 0.25) is 0 Å². The Labute approximate surface area is 292 Å². The summed E-state index contributed by atoms with van der Waals surface area (Å²) in [6.07, 6.45) is 8.47. The molecule has 2 aromatic carbocycles. The number of aromatic amines is 2. The summed E-state index contributed by atoms with van der Waals surface area (Å²) in [5, 5.41) is 5.73. The zero-order chi connectivity index (χ0) is 35.0. The second kappa shape index (κ2) is 16.0. The molecule has 0 bridgehead atoms. The number of rotatable bonds is 6. The molecule has 0 radical (unpaired) electrons. The molecule has 0 aliphatic carbocycles. The number of nitrogens with one attached hydrogen (secondary N) is 4. The lowest BCUT2D eigenvalue weighted by Gasteiger charge is -2.26. The average molecular weight is 683 g/mol. The molecule has 50 heavy (non-hydrogen) atoms. The van der Waals surface area contributed by atoms with E-state index in [1.54, 1.807) is 25.2 Å². The van der Waals surface area contributed by atoms with E-state index in [2.05, 4.69) is 67.0 Å². The number of likely N-dealkylation sites (tertiary alicyclic amines) is 1. The molecule has 13 heteroatoms. The summed E-state index contributed by atoms with van der Waals surface area (Å²) in [6.45, 7) is 1.86. The summed E-state index contributed by atoms with van der Waals surface area (Å²) in [6, 6.07) is 15.4. The van der Waals surface area contributed by atoms with Crippen LogP contribution in [0.1, 0.15) is 68.7 Å². The number of ether oxygens (including phenoxy) is 2. The number of aromatic nitrogens is 4.